The number of hydrogen-bond donors (Lipinski definition) is 4. The number of aliphatic carboxylic acids is 1. The van der Waals surface area contributed by atoms with E-state index >= 15 is 0 Å². The minimum absolute atomic E-state index is 0.0593. The molecule has 1 aromatic rings. The third kappa shape index (κ3) is 15.8. The highest BCUT2D eigenvalue weighted by atomic mass is 16.5. The molecule has 4 N–H and O–H groups in total. The van der Waals surface area contributed by atoms with Gasteiger partial charge in [-0.3, -0.25) is 4.79 Å². The van der Waals surface area contributed by atoms with E-state index in [0.717, 1.165) is 19.3 Å². The van der Waals surface area contributed by atoms with E-state index in [9.17, 15) is 9.59 Å². The number of aliphatic hydroxyl groups excluding tert-OH is 3. The SMILES string of the molecule is CCCCCC(=O)OCC.COC(C(=O)O)=C(OC)c1ccccc1.OCC(O)CO. The van der Waals surface area contributed by atoms with Crippen LogP contribution < -0.4 is 0 Å². The standard InChI is InChI=1S/C11H12O4.C8H16O2.C3H8O3/c1-14-9(10(15-2)11(12)13)8-6-4-3-5-7-8;1-3-5-6-7-8(9)10-4-2;4-1-3(6)2-5/h3-7H,1-2H3,(H,12,13);3-7H2,1-2H3;3-6H,1-2H2. The number of aliphatic hydroxyl groups is 3. The average molecular weight is 445 g/mol. The predicted octanol–water partition coefficient (Wildman–Crippen LogP) is 2.19. The molecule has 0 saturated heterocycles. The van der Waals surface area contributed by atoms with Crippen LogP contribution in [-0.2, 0) is 23.8 Å². The molecule has 0 saturated carbocycles. The maximum Gasteiger partial charge on any atom is 0.375 e. The summed E-state index contributed by atoms with van der Waals surface area (Å²) in [6.45, 7) is 3.72. The van der Waals surface area contributed by atoms with Crippen molar-refractivity contribution in [3.63, 3.8) is 0 Å². The summed E-state index contributed by atoms with van der Waals surface area (Å²) >= 11 is 0. The number of carbonyl (C=O) groups excluding carboxylic acids is 1. The summed E-state index contributed by atoms with van der Waals surface area (Å²) in [6, 6.07) is 8.93. The molecule has 0 heterocycles. The van der Waals surface area contributed by atoms with E-state index < -0.39 is 12.1 Å². The van der Waals surface area contributed by atoms with Gasteiger partial charge >= 0.3 is 11.9 Å². The van der Waals surface area contributed by atoms with Gasteiger partial charge in [0.05, 0.1) is 34.0 Å². The minimum Gasteiger partial charge on any atom is -0.492 e. The van der Waals surface area contributed by atoms with Crippen LogP contribution in [0.2, 0.25) is 0 Å². The number of unbranched alkanes of at least 4 members (excludes halogenated alkanes) is 2. The Bertz CT molecular complexity index is 611. The fourth-order valence-electron chi connectivity index (χ4n) is 2.02. The van der Waals surface area contributed by atoms with E-state index in [1.165, 1.54) is 14.2 Å². The fourth-order valence-corrected chi connectivity index (χ4v) is 2.02. The zero-order valence-electron chi connectivity index (χ0n) is 18.7. The molecule has 9 nitrogen and oxygen atoms in total. The Morgan fingerprint density at radius 2 is 1.55 bits per heavy atom. The Morgan fingerprint density at radius 1 is 0.968 bits per heavy atom. The molecule has 0 fully saturated rings. The van der Waals surface area contributed by atoms with Gasteiger partial charge in [0.25, 0.3) is 0 Å². The van der Waals surface area contributed by atoms with Gasteiger partial charge in [-0.1, -0.05) is 50.1 Å². The largest absolute Gasteiger partial charge is 0.492 e. The van der Waals surface area contributed by atoms with Crippen molar-refractivity contribution in [2.45, 2.75) is 45.6 Å². The van der Waals surface area contributed by atoms with Crippen LogP contribution in [-0.4, -0.2) is 72.5 Å². The molecule has 0 spiro atoms. The smallest absolute Gasteiger partial charge is 0.375 e. The van der Waals surface area contributed by atoms with Gasteiger partial charge in [-0.2, -0.15) is 0 Å². The van der Waals surface area contributed by atoms with Gasteiger partial charge in [0.15, 0.2) is 5.76 Å². The minimum atomic E-state index is -1.15. The molecule has 1 aromatic carbocycles. The molecule has 178 valence electrons. The Balaban J connectivity index is 0. The number of rotatable bonds is 11. The second-order valence-corrected chi connectivity index (χ2v) is 6.02. The normalized spacial score (nSPS) is 10.6. The fraction of sp³-hybridized carbons (Fsp3) is 0.545. The molecule has 1 rings (SSSR count). The molecule has 9 heteroatoms. The topological polar surface area (TPSA) is 143 Å². The summed E-state index contributed by atoms with van der Waals surface area (Å²) < 4.78 is 14.5. The van der Waals surface area contributed by atoms with Crippen LogP contribution in [0.15, 0.2) is 36.1 Å². The van der Waals surface area contributed by atoms with E-state index in [-0.39, 0.29) is 30.7 Å². The Kier molecular flexibility index (Phi) is 20.4. The van der Waals surface area contributed by atoms with Crippen molar-refractivity contribution in [2.24, 2.45) is 0 Å². The van der Waals surface area contributed by atoms with E-state index in [1.807, 2.05) is 13.0 Å². The summed E-state index contributed by atoms with van der Waals surface area (Å²) in [5.41, 5.74) is 0.666. The Hall–Kier alpha value is -2.62. The molecule has 0 radical (unpaired) electrons. The van der Waals surface area contributed by atoms with Crippen molar-refractivity contribution in [3.05, 3.63) is 41.7 Å². The second-order valence-electron chi connectivity index (χ2n) is 6.02. The molecule has 0 aliphatic rings. The molecule has 0 atom stereocenters. The highest BCUT2D eigenvalue weighted by molar-refractivity contribution is 5.92. The van der Waals surface area contributed by atoms with Crippen LogP contribution in [0.3, 0.4) is 0 Å². The summed E-state index contributed by atoms with van der Waals surface area (Å²) in [5, 5.41) is 32.9. The predicted molar refractivity (Wildman–Crippen MR) is 116 cm³/mol. The molecule has 0 aliphatic heterocycles. The van der Waals surface area contributed by atoms with E-state index in [2.05, 4.69) is 6.92 Å². The maximum atomic E-state index is 10.8. The van der Waals surface area contributed by atoms with E-state index in [0.29, 0.717) is 18.6 Å². The molecule has 31 heavy (non-hydrogen) atoms. The highest BCUT2D eigenvalue weighted by Crippen LogP contribution is 2.19. The van der Waals surface area contributed by atoms with Crippen molar-refractivity contribution in [1.29, 1.82) is 0 Å². The number of ether oxygens (including phenoxy) is 3. The van der Waals surface area contributed by atoms with Crippen molar-refractivity contribution < 1.29 is 44.2 Å². The first-order chi connectivity index (χ1) is 14.8. The Labute approximate surface area is 183 Å². The summed E-state index contributed by atoms with van der Waals surface area (Å²) in [7, 11) is 2.70. The molecule has 0 aliphatic carbocycles. The highest BCUT2D eigenvalue weighted by Gasteiger charge is 2.17. The molecular formula is C22H36O9. The monoisotopic (exact) mass is 444 g/mol. The lowest BCUT2D eigenvalue weighted by molar-refractivity contribution is -0.143. The molecule has 0 bridgehead atoms. The third-order valence-corrected chi connectivity index (χ3v) is 3.56. The van der Waals surface area contributed by atoms with Crippen LogP contribution in [0.4, 0.5) is 0 Å². The van der Waals surface area contributed by atoms with Gasteiger partial charge < -0.3 is 34.6 Å². The number of hydrogen-bond acceptors (Lipinski definition) is 8. The lowest BCUT2D eigenvalue weighted by atomic mass is 10.1. The molecule has 0 aromatic heterocycles. The number of carbonyl (C=O) groups is 2. The quantitative estimate of drug-likeness (QED) is 0.175. The first-order valence-corrected chi connectivity index (χ1v) is 9.99. The lowest BCUT2D eigenvalue weighted by Crippen LogP contribution is -2.15. The number of benzene rings is 1. The van der Waals surface area contributed by atoms with E-state index in [4.69, 9.17) is 34.6 Å². The van der Waals surface area contributed by atoms with Gasteiger partial charge in [-0.25, -0.2) is 4.79 Å². The number of carboxylic acid groups (broad SMARTS) is 1. The van der Waals surface area contributed by atoms with Crippen molar-refractivity contribution in [1.82, 2.24) is 0 Å². The first kappa shape index (κ1) is 30.6. The van der Waals surface area contributed by atoms with Gasteiger partial charge in [0.2, 0.25) is 5.76 Å². The lowest BCUT2D eigenvalue weighted by Gasteiger charge is -2.09. The number of carboxylic acids is 1. The van der Waals surface area contributed by atoms with Gasteiger partial charge in [0.1, 0.15) is 6.10 Å². The summed E-state index contributed by atoms with van der Waals surface area (Å²) in [6.07, 6.45) is 2.87. The van der Waals surface area contributed by atoms with Crippen LogP contribution in [0.25, 0.3) is 5.76 Å². The zero-order chi connectivity index (χ0) is 24.1. The van der Waals surface area contributed by atoms with Crippen molar-refractivity contribution in [2.75, 3.05) is 34.0 Å². The first-order valence-electron chi connectivity index (χ1n) is 9.99. The maximum absolute atomic E-state index is 10.8. The van der Waals surface area contributed by atoms with E-state index in [1.54, 1.807) is 24.3 Å². The molecule has 0 unspecified atom stereocenters. The second kappa shape index (κ2) is 20.6. The van der Waals surface area contributed by atoms with Crippen molar-refractivity contribution >= 4 is 17.7 Å². The van der Waals surface area contributed by atoms with Crippen LogP contribution in [0.1, 0.15) is 45.1 Å². The van der Waals surface area contributed by atoms with Crippen LogP contribution in [0, 0.1) is 0 Å². The summed E-state index contributed by atoms with van der Waals surface area (Å²) in [5.74, 6) is -1.21. The molecular weight excluding hydrogens is 408 g/mol. The number of esters is 1. The summed E-state index contributed by atoms with van der Waals surface area (Å²) in [4.78, 5) is 21.5. The average Bonchev–Trinajstić information content (AvgIpc) is 2.78. The van der Waals surface area contributed by atoms with Gasteiger partial charge in [-0.05, 0) is 13.3 Å². The van der Waals surface area contributed by atoms with Crippen LogP contribution in [0.5, 0.6) is 0 Å². The molecule has 0 amide bonds. The number of methoxy groups -OCH3 is 2. The zero-order valence-corrected chi connectivity index (χ0v) is 18.7. The van der Waals surface area contributed by atoms with Gasteiger partial charge in [0, 0.05) is 12.0 Å². The van der Waals surface area contributed by atoms with Crippen LogP contribution >= 0.6 is 0 Å². The van der Waals surface area contributed by atoms with Crippen molar-refractivity contribution in [3.8, 4) is 0 Å². The van der Waals surface area contributed by atoms with Gasteiger partial charge in [-0.15, -0.1) is 0 Å². The third-order valence-electron chi connectivity index (χ3n) is 3.56. The Morgan fingerprint density at radius 3 is 1.90 bits per heavy atom.